The third kappa shape index (κ3) is 2.47. The van der Waals surface area contributed by atoms with Crippen LogP contribution in [0.1, 0.15) is 24.4 Å². The van der Waals surface area contributed by atoms with Crippen molar-refractivity contribution in [3.8, 4) is 0 Å². The summed E-state index contributed by atoms with van der Waals surface area (Å²) in [6.07, 6.45) is 1.41. The first-order valence-electron chi connectivity index (χ1n) is 5.36. The molecule has 0 aliphatic heterocycles. The lowest BCUT2D eigenvalue weighted by Gasteiger charge is -2.11. The van der Waals surface area contributed by atoms with E-state index in [2.05, 4.69) is 0 Å². The van der Waals surface area contributed by atoms with Gasteiger partial charge in [0.1, 0.15) is 0 Å². The predicted octanol–water partition coefficient (Wildman–Crippen LogP) is 1.27. The molecule has 0 radical (unpaired) electrons. The summed E-state index contributed by atoms with van der Waals surface area (Å²) in [4.78, 5) is 0.163. The number of aliphatic hydroxyl groups is 1. The smallest absolute Gasteiger partial charge is 0.182 e. The van der Waals surface area contributed by atoms with E-state index in [9.17, 15) is 8.42 Å². The maximum absolute atomic E-state index is 12.0. The summed E-state index contributed by atoms with van der Waals surface area (Å²) in [5.74, 6) is 0. The molecule has 4 nitrogen and oxygen atoms in total. The van der Waals surface area contributed by atoms with Gasteiger partial charge in [-0.05, 0) is 30.5 Å². The molecule has 0 spiro atoms. The van der Waals surface area contributed by atoms with Crippen molar-refractivity contribution in [1.29, 1.82) is 0 Å². The van der Waals surface area contributed by atoms with E-state index in [0.29, 0.717) is 18.4 Å². The lowest BCUT2D eigenvalue weighted by Crippen LogP contribution is -2.15. The average Bonchev–Trinajstić information content (AvgIpc) is 3.11. The number of rotatable bonds is 4. The second kappa shape index (κ2) is 4.57. The van der Waals surface area contributed by atoms with Crippen LogP contribution in [-0.2, 0) is 9.84 Å². The second-order valence-electron chi connectivity index (χ2n) is 4.22. The zero-order valence-electron chi connectivity index (χ0n) is 9.14. The molecule has 1 aromatic carbocycles. The van der Waals surface area contributed by atoms with E-state index in [1.807, 2.05) is 0 Å². The molecule has 94 valence electrons. The van der Waals surface area contributed by atoms with Gasteiger partial charge in [-0.1, -0.05) is 17.7 Å². The van der Waals surface area contributed by atoms with Crippen LogP contribution in [0.5, 0.6) is 0 Å². The number of sulfone groups is 1. The highest BCUT2D eigenvalue weighted by atomic mass is 35.5. The minimum absolute atomic E-state index is 0.163. The minimum atomic E-state index is -3.28. The van der Waals surface area contributed by atoms with E-state index >= 15 is 0 Å². The van der Waals surface area contributed by atoms with Crippen molar-refractivity contribution < 1.29 is 13.5 Å². The first kappa shape index (κ1) is 12.8. The van der Waals surface area contributed by atoms with Crippen LogP contribution < -0.4 is 5.73 Å². The maximum Gasteiger partial charge on any atom is 0.182 e. The van der Waals surface area contributed by atoms with Gasteiger partial charge in [0.05, 0.1) is 27.8 Å². The Morgan fingerprint density at radius 3 is 2.59 bits per heavy atom. The van der Waals surface area contributed by atoms with E-state index in [0.717, 1.165) is 0 Å². The van der Waals surface area contributed by atoms with Crippen molar-refractivity contribution >= 4 is 21.4 Å². The molecule has 0 amide bonds. The summed E-state index contributed by atoms with van der Waals surface area (Å²) in [5, 5.41) is 8.82. The van der Waals surface area contributed by atoms with Crippen LogP contribution in [0.25, 0.3) is 0 Å². The van der Waals surface area contributed by atoms with Crippen LogP contribution >= 0.6 is 11.6 Å². The highest BCUT2D eigenvalue weighted by molar-refractivity contribution is 7.92. The third-order valence-corrected chi connectivity index (χ3v) is 5.59. The lowest BCUT2D eigenvalue weighted by molar-refractivity contribution is 0.268. The van der Waals surface area contributed by atoms with Gasteiger partial charge in [0, 0.05) is 0 Å². The molecular weight excluding hydrogens is 262 g/mol. The van der Waals surface area contributed by atoms with Crippen LogP contribution in [0.15, 0.2) is 23.1 Å². The van der Waals surface area contributed by atoms with Crippen LogP contribution in [0.4, 0.5) is 0 Å². The molecular formula is C11H14ClNO3S. The van der Waals surface area contributed by atoms with E-state index in [1.54, 1.807) is 6.07 Å². The molecule has 1 aromatic rings. The largest absolute Gasteiger partial charge is 0.394 e. The lowest BCUT2D eigenvalue weighted by atomic mass is 10.1. The van der Waals surface area contributed by atoms with Crippen molar-refractivity contribution in [1.82, 2.24) is 0 Å². The molecule has 1 aliphatic rings. The molecule has 6 heteroatoms. The van der Waals surface area contributed by atoms with Crippen LogP contribution in [0.2, 0.25) is 5.02 Å². The fourth-order valence-electron chi connectivity index (χ4n) is 1.64. The molecule has 3 N–H and O–H groups in total. The van der Waals surface area contributed by atoms with Gasteiger partial charge >= 0.3 is 0 Å². The molecule has 1 saturated carbocycles. The van der Waals surface area contributed by atoms with Gasteiger partial charge in [0.2, 0.25) is 0 Å². The van der Waals surface area contributed by atoms with Gasteiger partial charge in [-0.2, -0.15) is 0 Å². The van der Waals surface area contributed by atoms with Crippen LogP contribution in [0, 0.1) is 0 Å². The summed E-state index contributed by atoms with van der Waals surface area (Å²) in [5.41, 5.74) is 6.27. The van der Waals surface area contributed by atoms with Crippen molar-refractivity contribution in [3.63, 3.8) is 0 Å². The molecule has 1 aliphatic carbocycles. The highest BCUT2D eigenvalue weighted by Gasteiger charge is 2.38. The highest BCUT2D eigenvalue weighted by Crippen LogP contribution is 2.36. The zero-order valence-corrected chi connectivity index (χ0v) is 10.7. The Kier molecular flexibility index (Phi) is 3.45. The molecule has 2 rings (SSSR count). The minimum Gasteiger partial charge on any atom is -0.394 e. The van der Waals surface area contributed by atoms with Crippen molar-refractivity contribution in [3.05, 3.63) is 28.8 Å². The Morgan fingerprint density at radius 2 is 2.12 bits per heavy atom. The van der Waals surface area contributed by atoms with Crippen LogP contribution in [-0.4, -0.2) is 25.4 Å². The number of benzene rings is 1. The summed E-state index contributed by atoms with van der Waals surface area (Å²) in [6, 6.07) is 4.05. The first-order valence-corrected chi connectivity index (χ1v) is 7.29. The summed E-state index contributed by atoms with van der Waals surface area (Å²) < 4.78 is 24.0. The second-order valence-corrected chi connectivity index (χ2v) is 6.83. The van der Waals surface area contributed by atoms with Crippen LogP contribution in [0.3, 0.4) is 0 Å². The molecule has 0 aromatic heterocycles. The molecule has 1 fully saturated rings. The molecule has 17 heavy (non-hydrogen) atoms. The van der Waals surface area contributed by atoms with Gasteiger partial charge in [0.15, 0.2) is 9.84 Å². The van der Waals surface area contributed by atoms with Gasteiger partial charge < -0.3 is 10.8 Å². The summed E-state index contributed by atoms with van der Waals surface area (Å²) in [6.45, 7) is -0.203. The van der Waals surface area contributed by atoms with Gasteiger partial charge in [-0.25, -0.2) is 8.42 Å². The standard InChI is InChI=1S/C11H14ClNO3S/c12-9-5-7(10(13)6-14)1-4-11(9)17(15,16)8-2-3-8/h1,4-5,8,10,14H,2-3,6,13H2. The normalized spacial score (nSPS) is 18.1. The Bertz CT molecular complexity index is 526. The van der Waals surface area contributed by atoms with E-state index < -0.39 is 15.9 Å². The predicted molar refractivity (Wildman–Crippen MR) is 65.7 cm³/mol. The quantitative estimate of drug-likeness (QED) is 0.867. The topological polar surface area (TPSA) is 80.4 Å². The first-order chi connectivity index (χ1) is 7.96. The Morgan fingerprint density at radius 1 is 1.47 bits per heavy atom. The number of aliphatic hydroxyl groups excluding tert-OH is 1. The van der Waals surface area contributed by atoms with Crippen molar-refractivity contribution in [2.45, 2.75) is 29.0 Å². The molecule has 0 heterocycles. The number of hydrogen-bond donors (Lipinski definition) is 2. The van der Waals surface area contributed by atoms with Gasteiger partial charge in [0.25, 0.3) is 0 Å². The van der Waals surface area contributed by atoms with Gasteiger partial charge in [-0.15, -0.1) is 0 Å². The summed E-state index contributed by atoms with van der Waals surface area (Å²) >= 11 is 5.97. The monoisotopic (exact) mass is 275 g/mol. The Labute approximate surface area is 105 Å². The maximum atomic E-state index is 12.0. The van der Waals surface area contributed by atoms with E-state index in [4.69, 9.17) is 22.4 Å². The summed E-state index contributed by atoms with van der Waals surface area (Å²) in [7, 11) is -3.28. The fourth-order valence-corrected chi connectivity index (χ4v) is 3.86. The number of nitrogens with two attached hydrogens (primary N) is 1. The van der Waals surface area contributed by atoms with E-state index in [1.165, 1.54) is 12.1 Å². The van der Waals surface area contributed by atoms with Gasteiger partial charge in [-0.3, -0.25) is 0 Å². The van der Waals surface area contributed by atoms with Crippen molar-refractivity contribution in [2.24, 2.45) is 5.73 Å². The Hall–Kier alpha value is -0.620. The fraction of sp³-hybridized carbons (Fsp3) is 0.455. The van der Waals surface area contributed by atoms with Crippen molar-refractivity contribution in [2.75, 3.05) is 6.61 Å². The van der Waals surface area contributed by atoms with E-state index in [-0.39, 0.29) is 21.8 Å². The molecule has 0 saturated heterocycles. The molecule has 1 unspecified atom stereocenters. The Balaban J connectivity index is 2.38. The molecule has 0 bridgehead atoms. The zero-order chi connectivity index (χ0) is 12.6. The SMILES string of the molecule is NC(CO)c1ccc(S(=O)(=O)C2CC2)c(Cl)c1. The number of halogens is 1. The molecule has 1 atom stereocenters. The third-order valence-electron chi connectivity index (χ3n) is 2.85. The number of hydrogen-bond acceptors (Lipinski definition) is 4. The average molecular weight is 276 g/mol.